The van der Waals surface area contributed by atoms with Crippen molar-refractivity contribution in [2.45, 2.75) is 51.2 Å². The van der Waals surface area contributed by atoms with Crippen molar-refractivity contribution in [1.29, 1.82) is 0 Å². The SMILES string of the molecule is Cc1noc([C@@H]2CCCO[C@H]2C2CCN(CCn3ccnc3)CC2)n1. The van der Waals surface area contributed by atoms with E-state index in [1.54, 1.807) is 0 Å². The summed E-state index contributed by atoms with van der Waals surface area (Å²) in [5, 5.41) is 3.97. The summed E-state index contributed by atoms with van der Waals surface area (Å²) in [6, 6.07) is 0. The van der Waals surface area contributed by atoms with Crippen LogP contribution in [0.4, 0.5) is 0 Å². The first-order valence-corrected chi connectivity index (χ1v) is 9.39. The van der Waals surface area contributed by atoms with Crippen LogP contribution in [0.1, 0.15) is 43.3 Å². The van der Waals surface area contributed by atoms with Gasteiger partial charge in [-0.2, -0.15) is 4.98 Å². The van der Waals surface area contributed by atoms with Gasteiger partial charge >= 0.3 is 0 Å². The van der Waals surface area contributed by atoms with E-state index in [4.69, 9.17) is 9.26 Å². The van der Waals surface area contributed by atoms with E-state index in [9.17, 15) is 0 Å². The molecule has 4 heterocycles. The van der Waals surface area contributed by atoms with Crippen molar-refractivity contribution in [2.75, 3.05) is 26.2 Å². The predicted molar refractivity (Wildman–Crippen MR) is 92.1 cm³/mol. The normalized spacial score (nSPS) is 26.1. The molecule has 0 radical (unpaired) electrons. The number of rotatable bonds is 5. The number of aryl methyl sites for hydroxylation is 1. The van der Waals surface area contributed by atoms with Gasteiger partial charge in [0.05, 0.1) is 18.3 Å². The maximum atomic E-state index is 6.19. The van der Waals surface area contributed by atoms with Gasteiger partial charge in [0.15, 0.2) is 5.82 Å². The molecule has 0 N–H and O–H groups in total. The first kappa shape index (κ1) is 16.7. The number of hydrogen-bond donors (Lipinski definition) is 0. The largest absolute Gasteiger partial charge is 0.377 e. The molecule has 25 heavy (non-hydrogen) atoms. The number of aromatic nitrogens is 4. The van der Waals surface area contributed by atoms with Gasteiger partial charge in [0.25, 0.3) is 0 Å². The molecule has 2 atom stereocenters. The van der Waals surface area contributed by atoms with Crippen LogP contribution in [0, 0.1) is 12.8 Å². The first-order chi connectivity index (χ1) is 12.3. The lowest BCUT2D eigenvalue weighted by Crippen LogP contribution is -2.43. The molecule has 2 aromatic rings. The summed E-state index contributed by atoms with van der Waals surface area (Å²) in [4.78, 5) is 11.1. The van der Waals surface area contributed by atoms with E-state index >= 15 is 0 Å². The van der Waals surface area contributed by atoms with E-state index in [2.05, 4.69) is 24.6 Å². The molecule has 0 aliphatic carbocycles. The van der Waals surface area contributed by atoms with Gasteiger partial charge in [0, 0.05) is 32.1 Å². The smallest absolute Gasteiger partial charge is 0.232 e. The van der Waals surface area contributed by atoms with Crippen LogP contribution in [0.15, 0.2) is 23.2 Å². The van der Waals surface area contributed by atoms with Gasteiger partial charge in [-0.15, -0.1) is 0 Å². The fraction of sp³-hybridized carbons (Fsp3) is 0.722. The number of likely N-dealkylation sites (tertiary alicyclic amines) is 1. The minimum Gasteiger partial charge on any atom is -0.377 e. The average Bonchev–Trinajstić information content (AvgIpc) is 3.32. The van der Waals surface area contributed by atoms with Crippen molar-refractivity contribution in [3.05, 3.63) is 30.4 Å². The second-order valence-corrected chi connectivity index (χ2v) is 7.24. The van der Waals surface area contributed by atoms with E-state index in [-0.39, 0.29) is 12.0 Å². The lowest BCUT2D eigenvalue weighted by molar-refractivity contribution is -0.0580. The Labute approximate surface area is 148 Å². The number of piperidine rings is 1. The van der Waals surface area contributed by atoms with Crippen LogP contribution < -0.4 is 0 Å². The summed E-state index contributed by atoms with van der Waals surface area (Å²) in [6.45, 7) is 7.10. The third kappa shape index (κ3) is 3.93. The number of ether oxygens (including phenoxy) is 1. The van der Waals surface area contributed by atoms with Crippen LogP contribution in [0.25, 0.3) is 0 Å². The zero-order chi connectivity index (χ0) is 17.1. The zero-order valence-electron chi connectivity index (χ0n) is 14.9. The molecule has 4 rings (SSSR count). The Kier molecular flexibility index (Phi) is 5.12. The molecule has 0 amide bonds. The molecule has 0 saturated carbocycles. The minimum atomic E-state index is 0.226. The fourth-order valence-corrected chi connectivity index (χ4v) is 4.18. The Morgan fingerprint density at radius 3 is 2.80 bits per heavy atom. The first-order valence-electron chi connectivity index (χ1n) is 9.39. The maximum Gasteiger partial charge on any atom is 0.232 e. The van der Waals surface area contributed by atoms with Gasteiger partial charge in [-0.1, -0.05) is 5.16 Å². The van der Waals surface area contributed by atoms with Crippen LogP contribution in [-0.2, 0) is 11.3 Å². The summed E-state index contributed by atoms with van der Waals surface area (Å²) >= 11 is 0. The summed E-state index contributed by atoms with van der Waals surface area (Å²) in [7, 11) is 0. The van der Waals surface area contributed by atoms with Gasteiger partial charge in [-0.3, -0.25) is 0 Å². The molecule has 0 unspecified atom stereocenters. The third-order valence-corrected chi connectivity index (χ3v) is 5.56. The van der Waals surface area contributed by atoms with E-state index < -0.39 is 0 Å². The Morgan fingerprint density at radius 1 is 1.20 bits per heavy atom. The van der Waals surface area contributed by atoms with Crippen LogP contribution in [0.3, 0.4) is 0 Å². The molecule has 2 aliphatic rings. The van der Waals surface area contributed by atoms with Crippen LogP contribution in [0.2, 0.25) is 0 Å². The van der Waals surface area contributed by atoms with Gasteiger partial charge in [0.1, 0.15) is 0 Å². The number of imidazole rings is 1. The molecule has 2 aromatic heterocycles. The van der Waals surface area contributed by atoms with Crippen LogP contribution >= 0.6 is 0 Å². The molecule has 2 fully saturated rings. The van der Waals surface area contributed by atoms with Crippen molar-refractivity contribution in [3.8, 4) is 0 Å². The van der Waals surface area contributed by atoms with Crippen molar-refractivity contribution >= 4 is 0 Å². The van der Waals surface area contributed by atoms with Crippen molar-refractivity contribution in [3.63, 3.8) is 0 Å². The molecule has 7 nitrogen and oxygen atoms in total. The highest BCUT2D eigenvalue weighted by molar-refractivity contribution is 5.01. The highest BCUT2D eigenvalue weighted by Gasteiger charge is 2.38. The van der Waals surface area contributed by atoms with Gasteiger partial charge in [0.2, 0.25) is 5.89 Å². The van der Waals surface area contributed by atoms with Crippen molar-refractivity contribution < 1.29 is 9.26 Å². The molecular weight excluding hydrogens is 318 g/mol. The minimum absolute atomic E-state index is 0.226. The second-order valence-electron chi connectivity index (χ2n) is 7.24. The van der Waals surface area contributed by atoms with Crippen molar-refractivity contribution in [1.82, 2.24) is 24.6 Å². The van der Waals surface area contributed by atoms with Gasteiger partial charge < -0.3 is 18.7 Å². The number of hydrogen-bond acceptors (Lipinski definition) is 6. The Hall–Kier alpha value is -1.73. The quantitative estimate of drug-likeness (QED) is 0.828. The predicted octanol–water partition coefficient (Wildman–Crippen LogP) is 2.25. The maximum absolute atomic E-state index is 6.19. The lowest BCUT2D eigenvalue weighted by atomic mass is 9.80. The molecule has 0 spiro atoms. The van der Waals surface area contributed by atoms with Crippen LogP contribution in [-0.4, -0.2) is 56.9 Å². The Balaban J connectivity index is 1.32. The standard InChI is InChI=1S/C18H27N5O2/c1-14-20-18(25-21-14)16-3-2-12-24-17(16)15-4-7-22(8-5-15)10-11-23-9-6-19-13-23/h6,9,13,15-17H,2-5,7-8,10-12H2,1H3/t16-,17+/m1/s1. The molecule has 0 aromatic carbocycles. The topological polar surface area (TPSA) is 69.2 Å². The molecule has 7 heteroatoms. The van der Waals surface area contributed by atoms with Gasteiger partial charge in [-0.05, 0) is 51.6 Å². The van der Waals surface area contributed by atoms with Crippen LogP contribution in [0.5, 0.6) is 0 Å². The van der Waals surface area contributed by atoms with E-state index in [0.29, 0.717) is 11.7 Å². The molecule has 0 bridgehead atoms. The molecule has 2 aliphatic heterocycles. The number of nitrogens with zero attached hydrogens (tertiary/aromatic N) is 5. The summed E-state index contributed by atoms with van der Waals surface area (Å²) < 4.78 is 13.8. The molecule has 136 valence electrons. The Bertz CT molecular complexity index is 648. The highest BCUT2D eigenvalue weighted by Crippen LogP contribution is 2.37. The second kappa shape index (κ2) is 7.66. The molecule has 2 saturated heterocycles. The zero-order valence-corrected chi connectivity index (χ0v) is 14.9. The van der Waals surface area contributed by atoms with E-state index in [1.165, 1.54) is 12.8 Å². The van der Waals surface area contributed by atoms with Gasteiger partial charge in [-0.25, -0.2) is 4.98 Å². The Morgan fingerprint density at radius 2 is 2.08 bits per heavy atom. The van der Waals surface area contributed by atoms with Crippen molar-refractivity contribution in [2.24, 2.45) is 5.92 Å². The van der Waals surface area contributed by atoms with E-state index in [1.807, 2.05) is 25.6 Å². The fourth-order valence-electron chi connectivity index (χ4n) is 4.18. The average molecular weight is 345 g/mol. The third-order valence-electron chi connectivity index (χ3n) is 5.56. The summed E-state index contributed by atoms with van der Waals surface area (Å²) in [6.07, 6.45) is 10.5. The summed E-state index contributed by atoms with van der Waals surface area (Å²) in [5.41, 5.74) is 0. The summed E-state index contributed by atoms with van der Waals surface area (Å²) in [5.74, 6) is 2.33. The molecular formula is C18H27N5O2. The highest BCUT2D eigenvalue weighted by atomic mass is 16.5. The lowest BCUT2D eigenvalue weighted by Gasteiger charge is -2.40. The van der Waals surface area contributed by atoms with E-state index in [0.717, 1.165) is 51.5 Å². The monoisotopic (exact) mass is 345 g/mol.